The molecule has 0 saturated heterocycles. The first kappa shape index (κ1) is 10.8. The van der Waals surface area contributed by atoms with E-state index in [-0.39, 0.29) is 10.6 Å². The predicted molar refractivity (Wildman–Crippen MR) is 50.6 cm³/mol. The molecule has 0 radical (unpaired) electrons. The van der Waals surface area contributed by atoms with Crippen molar-refractivity contribution >= 4 is 17.6 Å². The molecule has 0 aromatic heterocycles. The van der Waals surface area contributed by atoms with Crippen LogP contribution in [0.1, 0.15) is 11.7 Å². The normalized spacial score (nSPS) is 12.2. The summed E-state index contributed by atoms with van der Waals surface area (Å²) in [7, 11) is 1.47. The van der Waals surface area contributed by atoms with Crippen molar-refractivity contribution in [2.75, 3.05) is 7.11 Å². The van der Waals surface area contributed by atoms with Gasteiger partial charge in [-0.05, 0) is 12.1 Å². The molecule has 5 heteroatoms. The molecular formula is C9H9ClO4. The van der Waals surface area contributed by atoms with Crippen molar-refractivity contribution in [3.8, 4) is 5.75 Å². The molecule has 0 heterocycles. The fourth-order valence-corrected chi connectivity index (χ4v) is 1.26. The van der Waals surface area contributed by atoms with E-state index >= 15 is 0 Å². The van der Waals surface area contributed by atoms with E-state index in [1.807, 2.05) is 0 Å². The molecule has 1 aromatic carbocycles. The quantitative estimate of drug-likeness (QED) is 0.803. The number of rotatable bonds is 3. The number of aliphatic hydroxyl groups is 1. The van der Waals surface area contributed by atoms with Crippen LogP contribution in [0.4, 0.5) is 0 Å². The molecular weight excluding hydrogens is 208 g/mol. The fraction of sp³-hybridized carbons (Fsp3) is 0.222. The van der Waals surface area contributed by atoms with Gasteiger partial charge in [0.15, 0.2) is 6.10 Å². The SMILES string of the molecule is COc1ccc(C(O)C(=O)O)c(Cl)c1. The monoisotopic (exact) mass is 216 g/mol. The zero-order valence-electron chi connectivity index (χ0n) is 7.40. The number of halogens is 1. The highest BCUT2D eigenvalue weighted by atomic mass is 35.5. The molecule has 2 N–H and O–H groups in total. The van der Waals surface area contributed by atoms with Crippen LogP contribution in [0.2, 0.25) is 5.02 Å². The first-order valence-corrected chi connectivity index (χ1v) is 4.18. The molecule has 0 saturated carbocycles. The van der Waals surface area contributed by atoms with Crippen LogP contribution in [0, 0.1) is 0 Å². The predicted octanol–water partition coefficient (Wildman–Crippen LogP) is 1.47. The van der Waals surface area contributed by atoms with Crippen molar-refractivity contribution in [3.63, 3.8) is 0 Å². The van der Waals surface area contributed by atoms with E-state index in [2.05, 4.69) is 0 Å². The molecule has 14 heavy (non-hydrogen) atoms. The minimum Gasteiger partial charge on any atom is -0.497 e. The maximum atomic E-state index is 10.5. The summed E-state index contributed by atoms with van der Waals surface area (Å²) in [6.07, 6.45) is -1.60. The first-order valence-electron chi connectivity index (χ1n) is 3.80. The van der Waals surface area contributed by atoms with Gasteiger partial charge in [0.1, 0.15) is 5.75 Å². The summed E-state index contributed by atoms with van der Waals surface area (Å²) in [4.78, 5) is 10.5. The Morgan fingerprint density at radius 2 is 2.21 bits per heavy atom. The Kier molecular flexibility index (Phi) is 3.33. The van der Waals surface area contributed by atoms with Crippen LogP contribution < -0.4 is 4.74 Å². The lowest BCUT2D eigenvalue weighted by atomic mass is 10.1. The Balaban J connectivity index is 3.05. The fourth-order valence-electron chi connectivity index (χ4n) is 0.990. The lowest BCUT2D eigenvalue weighted by Gasteiger charge is -2.09. The summed E-state index contributed by atoms with van der Waals surface area (Å²) in [5.74, 6) is -0.826. The lowest BCUT2D eigenvalue weighted by molar-refractivity contribution is -0.146. The Morgan fingerprint density at radius 3 is 2.64 bits per heavy atom. The van der Waals surface area contributed by atoms with Crippen LogP contribution in [0.25, 0.3) is 0 Å². The molecule has 0 aliphatic carbocycles. The maximum Gasteiger partial charge on any atom is 0.337 e. The van der Waals surface area contributed by atoms with Crippen LogP contribution in [0.3, 0.4) is 0 Å². The van der Waals surface area contributed by atoms with Crippen molar-refractivity contribution in [2.45, 2.75) is 6.10 Å². The van der Waals surface area contributed by atoms with Crippen LogP contribution in [0.5, 0.6) is 5.75 Å². The number of carbonyl (C=O) groups is 1. The van der Waals surface area contributed by atoms with E-state index in [0.29, 0.717) is 5.75 Å². The minimum atomic E-state index is -1.60. The summed E-state index contributed by atoms with van der Waals surface area (Å²) in [6.45, 7) is 0. The number of hydrogen-bond acceptors (Lipinski definition) is 3. The average Bonchev–Trinajstić information content (AvgIpc) is 2.16. The number of benzene rings is 1. The van der Waals surface area contributed by atoms with Gasteiger partial charge in [0.2, 0.25) is 0 Å². The number of carboxylic acid groups (broad SMARTS) is 1. The van der Waals surface area contributed by atoms with Gasteiger partial charge in [0, 0.05) is 5.56 Å². The molecule has 1 aromatic rings. The molecule has 0 spiro atoms. The molecule has 76 valence electrons. The largest absolute Gasteiger partial charge is 0.497 e. The van der Waals surface area contributed by atoms with Crippen LogP contribution in [-0.4, -0.2) is 23.3 Å². The number of methoxy groups -OCH3 is 1. The molecule has 1 rings (SSSR count). The standard InChI is InChI=1S/C9H9ClO4/c1-14-5-2-3-6(7(10)4-5)8(11)9(12)13/h2-4,8,11H,1H3,(H,12,13). The molecule has 1 atom stereocenters. The number of ether oxygens (including phenoxy) is 1. The number of carboxylic acids is 1. The summed E-state index contributed by atoms with van der Waals surface area (Å²) >= 11 is 5.74. The Bertz CT molecular complexity index is 351. The van der Waals surface area contributed by atoms with Crippen LogP contribution in [-0.2, 0) is 4.79 Å². The molecule has 1 unspecified atom stereocenters. The van der Waals surface area contributed by atoms with Gasteiger partial charge < -0.3 is 14.9 Å². The van der Waals surface area contributed by atoms with E-state index < -0.39 is 12.1 Å². The third-order valence-electron chi connectivity index (χ3n) is 1.74. The van der Waals surface area contributed by atoms with Crippen LogP contribution in [0.15, 0.2) is 18.2 Å². The molecule has 0 aliphatic heterocycles. The van der Waals surface area contributed by atoms with Crippen LogP contribution >= 0.6 is 11.6 Å². The first-order chi connectivity index (χ1) is 6.56. The van der Waals surface area contributed by atoms with Gasteiger partial charge in [-0.3, -0.25) is 0 Å². The third kappa shape index (κ3) is 2.16. The summed E-state index contributed by atoms with van der Waals surface area (Å²) in [6, 6.07) is 4.40. The third-order valence-corrected chi connectivity index (χ3v) is 2.06. The summed E-state index contributed by atoms with van der Waals surface area (Å²) < 4.78 is 4.88. The van der Waals surface area contributed by atoms with Gasteiger partial charge in [-0.25, -0.2) is 4.79 Å². The Labute approximate surface area is 85.7 Å². The van der Waals surface area contributed by atoms with Gasteiger partial charge in [0.05, 0.1) is 12.1 Å². The molecule has 0 fully saturated rings. The number of hydrogen-bond donors (Lipinski definition) is 2. The zero-order valence-corrected chi connectivity index (χ0v) is 8.15. The topological polar surface area (TPSA) is 66.8 Å². The van der Waals surface area contributed by atoms with Gasteiger partial charge in [-0.1, -0.05) is 17.7 Å². The minimum absolute atomic E-state index is 0.153. The average molecular weight is 217 g/mol. The van der Waals surface area contributed by atoms with E-state index in [1.54, 1.807) is 0 Å². The van der Waals surface area contributed by atoms with Gasteiger partial charge in [0.25, 0.3) is 0 Å². The maximum absolute atomic E-state index is 10.5. The summed E-state index contributed by atoms with van der Waals surface area (Å²) in [5, 5.41) is 17.9. The highest BCUT2D eigenvalue weighted by Gasteiger charge is 2.18. The number of aliphatic hydroxyl groups excluding tert-OH is 1. The highest BCUT2D eigenvalue weighted by Crippen LogP contribution is 2.27. The second-order valence-corrected chi connectivity index (χ2v) is 3.04. The lowest BCUT2D eigenvalue weighted by Crippen LogP contribution is -2.10. The molecule has 0 bridgehead atoms. The zero-order chi connectivity index (χ0) is 10.7. The van der Waals surface area contributed by atoms with E-state index in [9.17, 15) is 9.90 Å². The molecule has 0 aliphatic rings. The van der Waals surface area contributed by atoms with Crippen molar-refractivity contribution in [2.24, 2.45) is 0 Å². The molecule has 4 nitrogen and oxygen atoms in total. The van der Waals surface area contributed by atoms with Crippen molar-refractivity contribution in [3.05, 3.63) is 28.8 Å². The Morgan fingerprint density at radius 1 is 1.57 bits per heavy atom. The van der Waals surface area contributed by atoms with Gasteiger partial charge >= 0.3 is 5.97 Å². The molecule has 0 amide bonds. The number of aliphatic carboxylic acids is 1. The van der Waals surface area contributed by atoms with E-state index in [1.165, 1.54) is 25.3 Å². The second kappa shape index (κ2) is 4.30. The Hall–Kier alpha value is -1.26. The van der Waals surface area contributed by atoms with E-state index in [0.717, 1.165) is 0 Å². The second-order valence-electron chi connectivity index (χ2n) is 2.63. The van der Waals surface area contributed by atoms with Crippen molar-refractivity contribution in [1.29, 1.82) is 0 Å². The summed E-state index contributed by atoms with van der Waals surface area (Å²) in [5.41, 5.74) is 0.153. The smallest absolute Gasteiger partial charge is 0.337 e. The van der Waals surface area contributed by atoms with Gasteiger partial charge in [-0.2, -0.15) is 0 Å². The highest BCUT2D eigenvalue weighted by molar-refractivity contribution is 6.31. The van der Waals surface area contributed by atoms with Crippen molar-refractivity contribution in [1.82, 2.24) is 0 Å². The van der Waals surface area contributed by atoms with Gasteiger partial charge in [-0.15, -0.1) is 0 Å². The van der Waals surface area contributed by atoms with Crippen molar-refractivity contribution < 1.29 is 19.7 Å². The van der Waals surface area contributed by atoms with E-state index in [4.69, 9.17) is 21.4 Å².